The van der Waals surface area contributed by atoms with E-state index in [-0.39, 0.29) is 11.6 Å². The Labute approximate surface area is 155 Å². The van der Waals surface area contributed by atoms with Crippen LogP contribution in [0.1, 0.15) is 0 Å². The van der Waals surface area contributed by atoms with Gasteiger partial charge in [0.1, 0.15) is 11.4 Å². The first kappa shape index (κ1) is 16.5. The van der Waals surface area contributed by atoms with Crippen molar-refractivity contribution in [2.75, 3.05) is 5.32 Å². The molecular weight excluding hydrogens is 340 g/mol. The number of benzene rings is 3. The number of phenolic OH excluding ortho intramolecular Hbond substituents is 1. The van der Waals surface area contributed by atoms with E-state index in [0.29, 0.717) is 16.9 Å². The first-order valence-electron chi connectivity index (χ1n) is 8.39. The van der Waals surface area contributed by atoms with Crippen LogP contribution in [-0.4, -0.2) is 19.9 Å². The maximum absolute atomic E-state index is 12.6. The van der Waals surface area contributed by atoms with Gasteiger partial charge in [-0.25, -0.2) is 4.79 Å². The van der Waals surface area contributed by atoms with E-state index in [2.05, 4.69) is 15.4 Å². The second-order valence-corrected chi connectivity index (χ2v) is 5.85. The van der Waals surface area contributed by atoms with Gasteiger partial charge in [0.25, 0.3) is 0 Å². The second kappa shape index (κ2) is 7.13. The number of aromatic nitrogens is 3. The number of aromatic hydroxyl groups is 1. The Morgan fingerprint density at radius 3 is 2.15 bits per heavy atom. The van der Waals surface area contributed by atoms with E-state index in [0.717, 1.165) is 5.69 Å². The van der Waals surface area contributed by atoms with Gasteiger partial charge in [-0.1, -0.05) is 48.5 Å². The van der Waals surface area contributed by atoms with Gasteiger partial charge in [0.05, 0.1) is 5.69 Å². The number of anilines is 2. The molecule has 4 rings (SSSR count). The van der Waals surface area contributed by atoms with E-state index in [4.69, 9.17) is 0 Å². The summed E-state index contributed by atoms with van der Waals surface area (Å²) in [7, 11) is 0. The van der Waals surface area contributed by atoms with Crippen LogP contribution in [0.3, 0.4) is 0 Å². The van der Waals surface area contributed by atoms with Gasteiger partial charge >= 0.3 is 5.69 Å². The minimum atomic E-state index is -0.515. The summed E-state index contributed by atoms with van der Waals surface area (Å²) in [6.45, 7) is 0. The van der Waals surface area contributed by atoms with Crippen molar-refractivity contribution >= 4 is 11.5 Å². The van der Waals surface area contributed by atoms with E-state index < -0.39 is 5.69 Å². The number of nitrogens with zero attached hydrogens (tertiary/aromatic N) is 3. The Hall–Kier alpha value is -3.93. The van der Waals surface area contributed by atoms with Gasteiger partial charge < -0.3 is 10.4 Å². The molecule has 0 aliphatic rings. The zero-order chi connectivity index (χ0) is 18.6. The smallest absolute Gasteiger partial charge is 0.370 e. The summed E-state index contributed by atoms with van der Waals surface area (Å²) >= 11 is 0. The molecule has 2 N–H and O–H groups in total. The monoisotopic (exact) mass is 356 g/mol. The number of hydrogen-bond donors (Lipinski definition) is 2. The summed E-state index contributed by atoms with van der Waals surface area (Å²) in [4.78, 5) is 16.8. The predicted molar refractivity (Wildman–Crippen MR) is 104 cm³/mol. The highest BCUT2D eigenvalue weighted by atomic mass is 16.3. The number of rotatable bonds is 4. The topological polar surface area (TPSA) is 80.0 Å². The fourth-order valence-electron chi connectivity index (χ4n) is 2.72. The highest BCUT2D eigenvalue weighted by Gasteiger charge is 2.16. The van der Waals surface area contributed by atoms with Crippen LogP contribution < -0.4 is 11.0 Å². The molecule has 1 aromatic heterocycles. The molecule has 0 saturated carbocycles. The molecular formula is C21H16N4O2. The molecule has 0 unspecified atom stereocenters. The van der Waals surface area contributed by atoms with Crippen LogP contribution in [0.5, 0.6) is 5.75 Å². The lowest BCUT2D eigenvalue weighted by Gasteiger charge is -2.13. The predicted octanol–water partition coefficient (Wildman–Crippen LogP) is 3.74. The van der Waals surface area contributed by atoms with Crippen LogP contribution in [-0.2, 0) is 0 Å². The molecule has 0 amide bonds. The summed E-state index contributed by atoms with van der Waals surface area (Å²) in [6, 6.07) is 25.2. The van der Waals surface area contributed by atoms with Gasteiger partial charge in [-0.2, -0.15) is 14.8 Å². The van der Waals surface area contributed by atoms with Crippen LogP contribution >= 0.6 is 0 Å². The maximum Gasteiger partial charge on any atom is 0.370 e. The van der Waals surface area contributed by atoms with Gasteiger partial charge in [-0.15, -0.1) is 0 Å². The average molecular weight is 356 g/mol. The van der Waals surface area contributed by atoms with Crippen molar-refractivity contribution in [3.05, 3.63) is 95.4 Å². The molecule has 3 aromatic carbocycles. The third-order valence-corrected chi connectivity index (χ3v) is 4.01. The highest BCUT2D eigenvalue weighted by Crippen LogP contribution is 2.32. The number of para-hydroxylation sites is 3. The first-order chi connectivity index (χ1) is 13.2. The van der Waals surface area contributed by atoms with E-state index in [1.807, 2.05) is 48.5 Å². The summed E-state index contributed by atoms with van der Waals surface area (Å²) in [5.41, 5.74) is 1.70. The molecule has 0 atom stereocenters. The Balaban J connectivity index is 1.92. The summed E-state index contributed by atoms with van der Waals surface area (Å²) < 4.78 is 1.22. The number of phenols is 1. The van der Waals surface area contributed by atoms with E-state index in [9.17, 15) is 9.90 Å². The van der Waals surface area contributed by atoms with Gasteiger partial charge in [0.2, 0.25) is 0 Å². The van der Waals surface area contributed by atoms with Gasteiger partial charge in [0, 0.05) is 11.3 Å². The zero-order valence-electron chi connectivity index (χ0n) is 14.3. The highest BCUT2D eigenvalue weighted by molar-refractivity contribution is 5.78. The Morgan fingerprint density at radius 2 is 1.44 bits per heavy atom. The van der Waals surface area contributed by atoms with Crippen LogP contribution in [0, 0.1) is 0 Å². The lowest BCUT2D eigenvalue weighted by Crippen LogP contribution is -2.25. The average Bonchev–Trinajstić information content (AvgIpc) is 2.70. The minimum Gasteiger partial charge on any atom is -0.507 e. The molecule has 0 saturated heterocycles. The molecule has 0 spiro atoms. The lowest BCUT2D eigenvalue weighted by atomic mass is 10.1. The Kier molecular flexibility index (Phi) is 4.37. The molecule has 0 bridgehead atoms. The van der Waals surface area contributed by atoms with Crippen molar-refractivity contribution in [1.29, 1.82) is 0 Å². The zero-order valence-corrected chi connectivity index (χ0v) is 14.3. The largest absolute Gasteiger partial charge is 0.507 e. The van der Waals surface area contributed by atoms with Crippen molar-refractivity contribution in [1.82, 2.24) is 14.8 Å². The number of hydrogen-bond acceptors (Lipinski definition) is 5. The molecule has 0 radical (unpaired) electrons. The Bertz CT molecular complexity index is 1130. The SMILES string of the molecule is O=c1nc(Nc2ccccc2)c(-c2ccccc2O)nn1-c1ccccc1. The van der Waals surface area contributed by atoms with E-state index >= 15 is 0 Å². The first-order valence-corrected chi connectivity index (χ1v) is 8.39. The molecule has 0 aliphatic heterocycles. The van der Waals surface area contributed by atoms with Crippen molar-refractivity contribution in [3.8, 4) is 22.7 Å². The van der Waals surface area contributed by atoms with Gasteiger partial charge in [-0.05, 0) is 36.4 Å². The molecule has 4 aromatic rings. The van der Waals surface area contributed by atoms with Crippen LogP contribution in [0.25, 0.3) is 16.9 Å². The van der Waals surface area contributed by atoms with E-state index in [1.165, 1.54) is 4.68 Å². The molecule has 6 nitrogen and oxygen atoms in total. The third kappa shape index (κ3) is 3.41. The normalized spacial score (nSPS) is 10.5. The summed E-state index contributed by atoms with van der Waals surface area (Å²) in [5, 5.41) is 17.9. The summed E-state index contributed by atoms with van der Waals surface area (Å²) in [6.07, 6.45) is 0. The van der Waals surface area contributed by atoms with Crippen LogP contribution in [0.2, 0.25) is 0 Å². The second-order valence-electron chi connectivity index (χ2n) is 5.85. The molecule has 6 heteroatoms. The molecule has 132 valence electrons. The quantitative estimate of drug-likeness (QED) is 0.582. The van der Waals surface area contributed by atoms with Crippen molar-refractivity contribution in [2.24, 2.45) is 0 Å². The fourth-order valence-corrected chi connectivity index (χ4v) is 2.72. The van der Waals surface area contributed by atoms with Crippen molar-refractivity contribution < 1.29 is 5.11 Å². The molecule has 0 aliphatic carbocycles. The molecule has 0 fully saturated rings. The number of nitrogens with one attached hydrogen (secondary N) is 1. The summed E-state index contributed by atoms with van der Waals surface area (Å²) in [5.74, 6) is 0.334. The van der Waals surface area contributed by atoms with Gasteiger partial charge in [0.15, 0.2) is 5.82 Å². The van der Waals surface area contributed by atoms with Crippen molar-refractivity contribution in [3.63, 3.8) is 0 Å². The maximum atomic E-state index is 12.6. The standard InChI is InChI=1S/C21H16N4O2/c26-18-14-8-7-13-17(18)19-20(22-15-9-3-1-4-10-15)23-21(27)25(24-19)16-11-5-2-6-12-16/h1-14,26H,(H,22,23,27). The van der Waals surface area contributed by atoms with Crippen LogP contribution in [0.15, 0.2) is 89.7 Å². The van der Waals surface area contributed by atoms with Crippen molar-refractivity contribution in [2.45, 2.75) is 0 Å². The molecule has 27 heavy (non-hydrogen) atoms. The molecule has 1 heterocycles. The van der Waals surface area contributed by atoms with Crippen LogP contribution in [0.4, 0.5) is 11.5 Å². The third-order valence-electron chi connectivity index (χ3n) is 4.01. The van der Waals surface area contributed by atoms with Gasteiger partial charge in [-0.3, -0.25) is 0 Å². The lowest BCUT2D eigenvalue weighted by molar-refractivity contribution is 0.477. The minimum absolute atomic E-state index is 0.0566. The fraction of sp³-hybridized carbons (Fsp3) is 0. The Morgan fingerprint density at radius 1 is 0.815 bits per heavy atom. The van der Waals surface area contributed by atoms with E-state index in [1.54, 1.807) is 36.4 Å².